The molecule has 1 atom stereocenters. The minimum atomic E-state index is -3.23. The lowest BCUT2D eigenvalue weighted by atomic mass is 10.2. The van der Waals surface area contributed by atoms with Crippen LogP contribution < -0.4 is 10.6 Å². The van der Waals surface area contributed by atoms with Crippen LogP contribution in [0.2, 0.25) is 0 Å². The third kappa shape index (κ3) is 2.96. The maximum atomic E-state index is 11.5. The standard InChI is InChI=1S/C14H18N2O2S2/c1-10(14-5-4-8-19-14)16(2)13-7-6-11(9-12(13)15)20(3,17)18/h4-10H,15H2,1-3H3. The van der Waals surface area contributed by atoms with Crippen LogP contribution in [0.4, 0.5) is 11.4 Å². The fourth-order valence-electron chi connectivity index (χ4n) is 2.01. The van der Waals surface area contributed by atoms with Gasteiger partial charge in [-0.3, -0.25) is 0 Å². The number of benzene rings is 1. The van der Waals surface area contributed by atoms with Gasteiger partial charge in [0.15, 0.2) is 9.84 Å². The van der Waals surface area contributed by atoms with Gasteiger partial charge >= 0.3 is 0 Å². The third-order valence-electron chi connectivity index (χ3n) is 3.34. The number of anilines is 2. The van der Waals surface area contributed by atoms with Crippen LogP contribution in [0.25, 0.3) is 0 Å². The van der Waals surface area contributed by atoms with Crippen LogP contribution in [0.5, 0.6) is 0 Å². The molecule has 0 bridgehead atoms. The summed E-state index contributed by atoms with van der Waals surface area (Å²) in [6.07, 6.45) is 1.18. The summed E-state index contributed by atoms with van der Waals surface area (Å²) in [5.74, 6) is 0. The lowest BCUT2D eigenvalue weighted by molar-refractivity contribution is 0.602. The second-order valence-electron chi connectivity index (χ2n) is 4.80. The van der Waals surface area contributed by atoms with Crippen LogP contribution >= 0.6 is 11.3 Å². The number of sulfone groups is 1. The molecule has 4 nitrogen and oxygen atoms in total. The Hall–Kier alpha value is -1.53. The fraction of sp³-hybridized carbons (Fsp3) is 0.286. The van der Waals surface area contributed by atoms with Crippen molar-refractivity contribution in [2.24, 2.45) is 0 Å². The van der Waals surface area contributed by atoms with E-state index in [-0.39, 0.29) is 10.9 Å². The van der Waals surface area contributed by atoms with E-state index in [2.05, 4.69) is 13.0 Å². The Morgan fingerprint density at radius 2 is 2.00 bits per heavy atom. The molecule has 0 amide bonds. The molecule has 0 aliphatic carbocycles. The second-order valence-corrected chi connectivity index (χ2v) is 7.79. The third-order valence-corrected chi connectivity index (χ3v) is 5.50. The van der Waals surface area contributed by atoms with Crippen molar-refractivity contribution in [2.75, 3.05) is 23.9 Å². The number of nitrogens with two attached hydrogens (primary N) is 1. The summed E-state index contributed by atoms with van der Waals surface area (Å²) in [5, 5.41) is 2.04. The van der Waals surface area contributed by atoms with Gasteiger partial charge in [-0.2, -0.15) is 0 Å². The van der Waals surface area contributed by atoms with E-state index >= 15 is 0 Å². The van der Waals surface area contributed by atoms with Gasteiger partial charge < -0.3 is 10.6 Å². The summed E-state index contributed by atoms with van der Waals surface area (Å²) in [7, 11) is -1.27. The topological polar surface area (TPSA) is 63.4 Å². The second kappa shape index (κ2) is 5.46. The Labute approximate surface area is 123 Å². The van der Waals surface area contributed by atoms with Crippen molar-refractivity contribution >= 4 is 32.5 Å². The molecule has 0 saturated carbocycles. The summed E-state index contributed by atoms with van der Waals surface area (Å²) >= 11 is 1.69. The average Bonchev–Trinajstić information content (AvgIpc) is 2.89. The minimum absolute atomic E-state index is 0.182. The van der Waals surface area contributed by atoms with Crippen LogP contribution in [0.3, 0.4) is 0 Å². The van der Waals surface area contributed by atoms with E-state index in [1.165, 1.54) is 17.2 Å². The summed E-state index contributed by atoms with van der Waals surface area (Å²) < 4.78 is 23.0. The Kier molecular flexibility index (Phi) is 4.06. The maximum Gasteiger partial charge on any atom is 0.175 e. The lowest BCUT2D eigenvalue weighted by Gasteiger charge is -2.27. The highest BCUT2D eigenvalue weighted by atomic mass is 32.2. The van der Waals surface area contributed by atoms with Crippen molar-refractivity contribution < 1.29 is 8.42 Å². The molecule has 0 spiro atoms. The van der Waals surface area contributed by atoms with Crippen LogP contribution in [0, 0.1) is 0 Å². The van der Waals surface area contributed by atoms with Gasteiger partial charge in [-0.1, -0.05) is 6.07 Å². The molecule has 1 unspecified atom stereocenters. The summed E-state index contributed by atoms with van der Waals surface area (Å²) in [6.45, 7) is 2.09. The quantitative estimate of drug-likeness (QED) is 0.882. The first-order valence-corrected chi connectivity index (χ1v) is 8.93. The molecule has 0 fully saturated rings. The smallest absolute Gasteiger partial charge is 0.175 e. The first-order valence-electron chi connectivity index (χ1n) is 6.16. The van der Waals surface area contributed by atoms with E-state index in [9.17, 15) is 8.42 Å². The molecule has 6 heteroatoms. The number of nitrogen functional groups attached to an aromatic ring is 1. The molecular weight excluding hydrogens is 292 g/mol. The number of nitrogens with zero attached hydrogens (tertiary/aromatic N) is 1. The van der Waals surface area contributed by atoms with Crippen LogP contribution in [0.15, 0.2) is 40.6 Å². The highest BCUT2D eigenvalue weighted by Gasteiger charge is 2.17. The maximum absolute atomic E-state index is 11.5. The highest BCUT2D eigenvalue weighted by molar-refractivity contribution is 7.90. The summed E-state index contributed by atoms with van der Waals surface area (Å²) in [6, 6.07) is 9.14. The normalized spacial score (nSPS) is 13.2. The van der Waals surface area contributed by atoms with Crippen molar-refractivity contribution in [3.8, 4) is 0 Å². The van der Waals surface area contributed by atoms with E-state index in [1.54, 1.807) is 23.5 Å². The summed E-state index contributed by atoms with van der Waals surface area (Å²) in [4.78, 5) is 3.53. The van der Waals surface area contributed by atoms with Gasteiger partial charge in [-0.25, -0.2) is 8.42 Å². The molecule has 1 aromatic heterocycles. The van der Waals surface area contributed by atoms with Crippen LogP contribution in [-0.4, -0.2) is 21.7 Å². The van der Waals surface area contributed by atoms with Crippen LogP contribution in [0.1, 0.15) is 17.8 Å². The molecule has 1 heterocycles. The predicted molar refractivity (Wildman–Crippen MR) is 85.1 cm³/mol. The zero-order valence-corrected chi connectivity index (χ0v) is 13.3. The molecule has 20 heavy (non-hydrogen) atoms. The average molecular weight is 310 g/mol. The monoisotopic (exact) mass is 310 g/mol. The molecule has 2 rings (SSSR count). The number of hydrogen-bond donors (Lipinski definition) is 1. The molecule has 0 aliphatic heterocycles. The first kappa shape index (κ1) is 14.9. The van der Waals surface area contributed by atoms with E-state index in [4.69, 9.17) is 5.73 Å². The van der Waals surface area contributed by atoms with Crippen molar-refractivity contribution in [1.82, 2.24) is 0 Å². The van der Waals surface area contributed by atoms with Gasteiger partial charge in [0.1, 0.15) is 0 Å². The van der Waals surface area contributed by atoms with E-state index in [1.807, 2.05) is 23.4 Å². The molecule has 1 aromatic carbocycles. The van der Waals surface area contributed by atoms with Crippen molar-refractivity contribution in [2.45, 2.75) is 17.9 Å². The van der Waals surface area contributed by atoms with Gasteiger partial charge in [0.2, 0.25) is 0 Å². The largest absolute Gasteiger partial charge is 0.397 e. The molecule has 0 radical (unpaired) electrons. The molecule has 2 aromatic rings. The van der Waals surface area contributed by atoms with E-state index in [0.29, 0.717) is 5.69 Å². The number of hydrogen-bond acceptors (Lipinski definition) is 5. The minimum Gasteiger partial charge on any atom is -0.397 e. The molecule has 0 aliphatic rings. The van der Waals surface area contributed by atoms with Crippen molar-refractivity contribution in [3.05, 3.63) is 40.6 Å². The SMILES string of the molecule is CC(c1cccs1)N(C)c1ccc(S(C)(=O)=O)cc1N. The Morgan fingerprint density at radius 3 is 2.50 bits per heavy atom. The first-order chi connectivity index (χ1) is 9.30. The van der Waals surface area contributed by atoms with Gasteiger partial charge in [-0.05, 0) is 36.6 Å². The number of thiophene rings is 1. The molecule has 0 saturated heterocycles. The Morgan fingerprint density at radius 1 is 1.30 bits per heavy atom. The Balaban J connectivity index is 2.34. The fourth-order valence-corrected chi connectivity index (χ4v) is 3.50. The van der Waals surface area contributed by atoms with Gasteiger partial charge in [-0.15, -0.1) is 11.3 Å². The van der Waals surface area contributed by atoms with Gasteiger partial charge in [0.05, 0.1) is 22.3 Å². The molecule has 2 N–H and O–H groups in total. The highest BCUT2D eigenvalue weighted by Crippen LogP contribution is 2.32. The molecular formula is C14H18N2O2S2. The Bertz CT molecular complexity index is 694. The van der Waals surface area contributed by atoms with Crippen molar-refractivity contribution in [3.63, 3.8) is 0 Å². The molecule has 108 valence electrons. The lowest BCUT2D eigenvalue weighted by Crippen LogP contribution is -2.22. The van der Waals surface area contributed by atoms with Gasteiger partial charge in [0, 0.05) is 18.2 Å². The van der Waals surface area contributed by atoms with Gasteiger partial charge in [0.25, 0.3) is 0 Å². The zero-order valence-electron chi connectivity index (χ0n) is 11.7. The van der Waals surface area contributed by atoms with Crippen LogP contribution in [-0.2, 0) is 9.84 Å². The number of rotatable bonds is 4. The van der Waals surface area contributed by atoms with Crippen molar-refractivity contribution in [1.29, 1.82) is 0 Å². The van der Waals surface area contributed by atoms with E-state index in [0.717, 1.165) is 5.69 Å². The summed E-state index contributed by atoms with van der Waals surface area (Å²) in [5.41, 5.74) is 7.31. The van der Waals surface area contributed by atoms with E-state index < -0.39 is 9.84 Å². The zero-order chi connectivity index (χ0) is 14.9. The predicted octanol–water partition coefficient (Wildman–Crippen LogP) is 2.93.